The lowest BCUT2D eigenvalue weighted by Crippen LogP contribution is -2.28. The molecule has 1 heterocycles. The summed E-state index contributed by atoms with van der Waals surface area (Å²) in [6.07, 6.45) is 0.176. The summed E-state index contributed by atoms with van der Waals surface area (Å²) in [7, 11) is 0. The summed E-state index contributed by atoms with van der Waals surface area (Å²) in [6, 6.07) is 6.88. The number of benzene rings is 1. The molecule has 1 aliphatic rings. The zero-order chi connectivity index (χ0) is 9.47. The van der Waals surface area contributed by atoms with E-state index in [1.165, 1.54) is 0 Å². The number of fused-ring (bicyclic) bond motifs is 1. The van der Waals surface area contributed by atoms with Crippen molar-refractivity contribution in [2.75, 3.05) is 5.32 Å². The van der Waals surface area contributed by atoms with Crippen LogP contribution in [0.2, 0.25) is 0 Å². The van der Waals surface area contributed by atoms with E-state index in [1.54, 1.807) is 31.2 Å². The molecule has 0 saturated carbocycles. The van der Waals surface area contributed by atoms with E-state index in [9.17, 15) is 9.18 Å². The van der Waals surface area contributed by atoms with Crippen LogP contribution in [-0.4, -0.2) is 5.91 Å². The standard InChI is InChI=1S/C10H10FNO/c1-2-10(11)7-5-3-4-6-8(7)12-9(10)13/h3-6H,2H2,1H3,(H,12,13). The first-order valence-electron chi connectivity index (χ1n) is 4.28. The van der Waals surface area contributed by atoms with Crippen molar-refractivity contribution in [1.29, 1.82) is 0 Å². The van der Waals surface area contributed by atoms with E-state index in [2.05, 4.69) is 5.32 Å². The summed E-state index contributed by atoms with van der Waals surface area (Å²) in [5.41, 5.74) is -0.768. The van der Waals surface area contributed by atoms with Crippen molar-refractivity contribution in [3.63, 3.8) is 0 Å². The first-order chi connectivity index (χ1) is 6.18. The zero-order valence-corrected chi connectivity index (χ0v) is 7.30. The van der Waals surface area contributed by atoms with Gasteiger partial charge in [0.25, 0.3) is 5.91 Å². The number of nitrogens with one attached hydrogen (secondary N) is 1. The monoisotopic (exact) mass is 179 g/mol. The predicted octanol–water partition coefficient (Wildman–Crippen LogP) is 2.21. The maximum absolute atomic E-state index is 14.0. The van der Waals surface area contributed by atoms with Crippen molar-refractivity contribution in [3.8, 4) is 0 Å². The van der Waals surface area contributed by atoms with Crippen LogP contribution in [0.5, 0.6) is 0 Å². The van der Waals surface area contributed by atoms with Crippen molar-refractivity contribution >= 4 is 11.6 Å². The molecule has 0 spiro atoms. The van der Waals surface area contributed by atoms with E-state index in [1.807, 2.05) is 0 Å². The molecule has 0 fully saturated rings. The number of amides is 1. The minimum atomic E-state index is -1.82. The Kier molecular flexibility index (Phi) is 1.62. The van der Waals surface area contributed by atoms with Crippen LogP contribution in [-0.2, 0) is 10.5 Å². The van der Waals surface area contributed by atoms with Crippen molar-refractivity contribution < 1.29 is 9.18 Å². The molecule has 1 unspecified atom stereocenters. The van der Waals surface area contributed by atoms with Gasteiger partial charge in [-0.15, -0.1) is 0 Å². The Labute approximate surface area is 75.8 Å². The number of hydrogen-bond acceptors (Lipinski definition) is 1. The van der Waals surface area contributed by atoms with E-state index in [0.29, 0.717) is 11.3 Å². The van der Waals surface area contributed by atoms with Crippen molar-refractivity contribution in [1.82, 2.24) is 0 Å². The molecule has 1 atom stereocenters. The van der Waals surface area contributed by atoms with Gasteiger partial charge in [-0.2, -0.15) is 0 Å². The molecule has 68 valence electrons. The second-order valence-corrected chi connectivity index (χ2v) is 3.15. The highest BCUT2D eigenvalue weighted by Gasteiger charge is 2.45. The molecule has 2 rings (SSSR count). The van der Waals surface area contributed by atoms with Gasteiger partial charge in [-0.25, -0.2) is 4.39 Å². The highest BCUT2D eigenvalue weighted by molar-refractivity contribution is 6.04. The fourth-order valence-electron chi connectivity index (χ4n) is 1.63. The van der Waals surface area contributed by atoms with Crippen LogP contribution < -0.4 is 5.32 Å². The number of anilines is 1. The van der Waals surface area contributed by atoms with Gasteiger partial charge in [0.2, 0.25) is 5.67 Å². The molecule has 1 amide bonds. The molecule has 0 aromatic heterocycles. The highest BCUT2D eigenvalue weighted by atomic mass is 19.1. The second-order valence-electron chi connectivity index (χ2n) is 3.15. The SMILES string of the molecule is CCC1(F)C(=O)Nc2ccccc21. The normalized spacial score (nSPS) is 25.5. The number of rotatable bonds is 1. The van der Waals surface area contributed by atoms with Crippen molar-refractivity contribution in [3.05, 3.63) is 29.8 Å². The fourth-order valence-corrected chi connectivity index (χ4v) is 1.63. The molecular weight excluding hydrogens is 169 g/mol. The van der Waals surface area contributed by atoms with Gasteiger partial charge in [0.1, 0.15) is 0 Å². The number of halogens is 1. The first-order valence-corrected chi connectivity index (χ1v) is 4.28. The largest absolute Gasteiger partial charge is 0.323 e. The smallest absolute Gasteiger partial charge is 0.266 e. The van der Waals surface area contributed by atoms with Crippen LogP contribution in [0.15, 0.2) is 24.3 Å². The molecule has 3 heteroatoms. The van der Waals surface area contributed by atoms with Crippen LogP contribution >= 0.6 is 0 Å². The lowest BCUT2D eigenvalue weighted by atomic mass is 9.95. The summed E-state index contributed by atoms with van der Waals surface area (Å²) in [5, 5.41) is 2.52. The summed E-state index contributed by atoms with van der Waals surface area (Å²) in [6.45, 7) is 1.67. The van der Waals surface area contributed by atoms with Crippen molar-refractivity contribution in [2.24, 2.45) is 0 Å². The third-order valence-corrected chi connectivity index (χ3v) is 2.45. The van der Waals surface area contributed by atoms with E-state index in [-0.39, 0.29) is 6.42 Å². The average Bonchev–Trinajstić information content (AvgIpc) is 2.41. The van der Waals surface area contributed by atoms with Crippen LogP contribution in [0.25, 0.3) is 0 Å². The Balaban J connectivity index is 2.59. The second kappa shape index (κ2) is 2.55. The Morgan fingerprint density at radius 3 is 2.85 bits per heavy atom. The summed E-state index contributed by atoms with van der Waals surface area (Å²) < 4.78 is 14.0. The number of carbonyl (C=O) groups excluding carboxylic acids is 1. The van der Waals surface area contributed by atoms with E-state index in [4.69, 9.17) is 0 Å². The molecule has 0 radical (unpaired) electrons. The molecule has 1 aliphatic heterocycles. The Hall–Kier alpha value is -1.38. The van der Waals surface area contributed by atoms with Gasteiger partial charge in [0.05, 0.1) is 0 Å². The topological polar surface area (TPSA) is 29.1 Å². The summed E-state index contributed by atoms with van der Waals surface area (Å²) in [4.78, 5) is 11.3. The molecule has 0 bridgehead atoms. The van der Waals surface area contributed by atoms with Crippen molar-refractivity contribution in [2.45, 2.75) is 19.0 Å². The maximum atomic E-state index is 14.0. The van der Waals surface area contributed by atoms with Gasteiger partial charge in [0, 0.05) is 11.3 Å². The lowest BCUT2D eigenvalue weighted by Gasteiger charge is -2.14. The first kappa shape index (κ1) is 8.23. The minimum Gasteiger partial charge on any atom is -0.323 e. The summed E-state index contributed by atoms with van der Waals surface area (Å²) >= 11 is 0. The molecule has 1 aromatic carbocycles. The van der Waals surface area contributed by atoms with Gasteiger partial charge in [0.15, 0.2) is 0 Å². The van der Waals surface area contributed by atoms with Gasteiger partial charge in [-0.1, -0.05) is 25.1 Å². The Bertz CT molecular complexity index is 364. The Morgan fingerprint density at radius 2 is 2.15 bits per heavy atom. The number of para-hydroxylation sites is 1. The Morgan fingerprint density at radius 1 is 1.46 bits per heavy atom. The maximum Gasteiger partial charge on any atom is 0.266 e. The molecule has 1 aromatic rings. The third kappa shape index (κ3) is 0.963. The van der Waals surface area contributed by atoms with Gasteiger partial charge in [-0.3, -0.25) is 4.79 Å². The van der Waals surface area contributed by atoms with Gasteiger partial charge < -0.3 is 5.32 Å². The minimum absolute atomic E-state index is 0.176. The van der Waals surface area contributed by atoms with Gasteiger partial charge in [-0.05, 0) is 12.5 Å². The fraction of sp³-hybridized carbons (Fsp3) is 0.300. The number of hydrogen-bond donors (Lipinski definition) is 1. The summed E-state index contributed by atoms with van der Waals surface area (Å²) in [5.74, 6) is -0.545. The average molecular weight is 179 g/mol. The number of carbonyl (C=O) groups is 1. The van der Waals surface area contributed by atoms with Crippen LogP contribution in [0, 0.1) is 0 Å². The molecule has 0 saturated heterocycles. The van der Waals surface area contributed by atoms with E-state index in [0.717, 1.165) is 0 Å². The molecule has 13 heavy (non-hydrogen) atoms. The lowest BCUT2D eigenvalue weighted by molar-refractivity contribution is -0.127. The van der Waals surface area contributed by atoms with Crippen LogP contribution in [0.1, 0.15) is 18.9 Å². The predicted molar refractivity (Wildman–Crippen MR) is 48.1 cm³/mol. The molecule has 1 N–H and O–H groups in total. The molecule has 2 nitrogen and oxygen atoms in total. The van der Waals surface area contributed by atoms with Crippen LogP contribution in [0.4, 0.5) is 10.1 Å². The highest BCUT2D eigenvalue weighted by Crippen LogP contribution is 2.40. The molecule has 0 aliphatic carbocycles. The van der Waals surface area contributed by atoms with E-state index < -0.39 is 11.6 Å². The van der Waals surface area contributed by atoms with Gasteiger partial charge >= 0.3 is 0 Å². The zero-order valence-electron chi connectivity index (χ0n) is 7.30. The van der Waals surface area contributed by atoms with Crippen LogP contribution in [0.3, 0.4) is 0 Å². The van der Waals surface area contributed by atoms with E-state index >= 15 is 0 Å². The molecular formula is C10H10FNO. The quantitative estimate of drug-likeness (QED) is 0.703. The third-order valence-electron chi connectivity index (χ3n) is 2.45. The number of alkyl halides is 1.